The molecule has 1 saturated carbocycles. The van der Waals surface area contributed by atoms with Crippen LogP contribution in [-0.2, 0) is 6.54 Å². The first-order valence-corrected chi connectivity index (χ1v) is 11.1. The van der Waals surface area contributed by atoms with Crippen molar-refractivity contribution in [2.45, 2.75) is 65.1 Å². The number of benzene rings is 1. The highest BCUT2D eigenvalue weighted by Crippen LogP contribution is 2.41. The largest absolute Gasteiger partial charge is 0.376 e. The first kappa shape index (κ1) is 19.3. The fourth-order valence-corrected chi connectivity index (χ4v) is 5.12. The van der Waals surface area contributed by atoms with E-state index < -0.39 is 0 Å². The first-order valence-electron chi connectivity index (χ1n) is 11.1. The van der Waals surface area contributed by atoms with Crippen molar-refractivity contribution in [2.24, 2.45) is 0 Å². The second kappa shape index (κ2) is 7.24. The number of allylic oxidation sites excluding steroid dienone is 2. The molecule has 2 aliphatic carbocycles. The van der Waals surface area contributed by atoms with Gasteiger partial charge in [-0.25, -0.2) is 0 Å². The van der Waals surface area contributed by atoms with Gasteiger partial charge in [0, 0.05) is 35.0 Å². The Kier molecular flexibility index (Phi) is 4.66. The van der Waals surface area contributed by atoms with Crippen LogP contribution in [0, 0.1) is 6.92 Å². The maximum absolute atomic E-state index is 13.5. The molecule has 1 unspecified atom stereocenters. The molecule has 1 aromatic heterocycles. The molecule has 0 amide bonds. The number of carbonyl (C=O) groups excluding carboxylic acids is 1. The summed E-state index contributed by atoms with van der Waals surface area (Å²) in [7, 11) is 0. The molecule has 5 rings (SSSR count). The lowest BCUT2D eigenvalue weighted by atomic mass is 9.99. The van der Waals surface area contributed by atoms with Gasteiger partial charge in [0.25, 0.3) is 5.56 Å². The smallest absolute Gasteiger partial charge is 0.258 e. The van der Waals surface area contributed by atoms with Crippen LogP contribution in [0.2, 0.25) is 0 Å². The summed E-state index contributed by atoms with van der Waals surface area (Å²) in [5.74, 6) is 0.0493. The van der Waals surface area contributed by atoms with Crippen LogP contribution in [0.3, 0.4) is 0 Å². The van der Waals surface area contributed by atoms with Crippen LogP contribution in [0.15, 0.2) is 40.2 Å². The SMILES string of the molecule is Cc1ccc2c3c(n(CCCNC(C)C)c(=O)c2c1)C1=C(C=C2CCCC2N1)C3=O. The number of pyridine rings is 1. The molecule has 3 aliphatic rings. The van der Waals surface area contributed by atoms with Crippen LogP contribution in [0.1, 0.15) is 61.1 Å². The zero-order valence-corrected chi connectivity index (χ0v) is 18.0. The fourth-order valence-electron chi connectivity index (χ4n) is 5.12. The summed E-state index contributed by atoms with van der Waals surface area (Å²) in [6.45, 7) is 7.66. The Balaban J connectivity index is 1.68. The standard InChI is InChI=1S/C25H29N3O2/c1-14(2)26-10-5-11-28-23-21(17-9-8-15(3)12-18(17)25(28)30)24(29)19-13-16-6-4-7-20(16)27-22(19)23/h8-9,12-14,20,26-27H,4-7,10-11H2,1-3H3. The average Bonchev–Trinajstić information content (AvgIpc) is 3.28. The molecule has 0 radical (unpaired) electrons. The zero-order chi connectivity index (χ0) is 21.0. The number of hydrogen-bond acceptors (Lipinski definition) is 4. The van der Waals surface area contributed by atoms with Crippen molar-refractivity contribution in [1.29, 1.82) is 0 Å². The molecule has 1 aliphatic heterocycles. The van der Waals surface area contributed by atoms with Gasteiger partial charge in [-0.15, -0.1) is 0 Å². The molecule has 2 heterocycles. The second-order valence-electron chi connectivity index (χ2n) is 9.12. The normalized spacial score (nSPS) is 19.8. The minimum Gasteiger partial charge on any atom is -0.376 e. The molecular formula is C25H29N3O2. The first-order chi connectivity index (χ1) is 14.5. The Labute approximate surface area is 176 Å². The number of nitrogens with one attached hydrogen (secondary N) is 2. The van der Waals surface area contributed by atoms with E-state index in [1.807, 2.05) is 29.7 Å². The molecule has 1 aromatic carbocycles. The van der Waals surface area contributed by atoms with Gasteiger partial charge < -0.3 is 15.2 Å². The van der Waals surface area contributed by atoms with E-state index in [-0.39, 0.29) is 11.3 Å². The third-order valence-corrected chi connectivity index (χ3v) is 6.57. The van der Waals surface area contributed by atoms with Crippen LogP contribution >= 0.6 is 0 Å². The molecule has 5 heteroatoms. The lowest BCUT2D eigenvalue weighted by Gasteiger charge is -2.24. The van der Waals surface area contributed by atoms with Gasteiger partial charge >= 0.3 is 0 Å². The van der Waals surface area contributed by atoms with Crippen molar-refractivity contribution in [3.05, 3.63) is 62.6 Å². The van der Waals surface area contributed by atoms with Crippen molar-refractivity contribution in [2.75, 3.05) is 6.54 Å². The van der Waals surface area contributed by atoms with E-state index >= 15 is 0 Å². The quantitative estimate of drug-likeness (QED) is 0.748. The van der Waals surface area contributed by atoms with E-state index in [0.29, 0.717) is 29.6 Å². The lowest BCUT2D eigenvalue weighted by Crippen LogP contribution is -2.33. The molecule has 0 saturated heterocycles. The van der Waals surface area contributed by atoms with E-state index in [9.17, 15) is 9.59 Å². The third kappa shape index (κ3) is 2.95. The molecule has 5 nitrogen and oxygen atoms in total. The predicted octanol–water partition coefficient (Wildman–Crippen LogP) is 3.69. The van der Waals surface area contributed by atoms with Gasteiger partial charge in [-0.05, 0) is 56.9 Å². The average molecular weight is 404 g/mol. The number of Topliss-reactive ketones (excluding diaryl/α,β-unsaturated/α-hetero) is 1. The number of dihydropyridines is 1. The van der Waals surface area contributed by atoms with Crippen molar-refractivity contribution in [3.8, 4) is 0 Å². The van der Waals surface area contributed by atoms with Crippen LogP contribution in [0.4, 0.5) is 0 Å². The van der Waals surface area contributed by atoms with E-state index in [2.05, 4.69) is 30.6 Å². The molecule has 1 fully saturated rings. The Bertz CT molecular complexity index is 1180. The molecular weight excluding hydrogens is 374 g/mol. The van der Waals surface area contributed by atoms with Gasteiger partial charge in [-0.2, -0.15) is 0 Å². The van der Waals surface area contributed by atoms with Gasteiger partial charge in [0.15, 0.2) is 5.78 Å². The molecule has 30 heavy (non-hydrogen) atoms. The number of ketones is 1. The summed E-state index contributed by atoms with van der Waals surface area (Å²) >= 11 is 0. The summed E-state index contributed by atoms with van der Waals surface area (Å²) in [6.07, 6.45) is 6.22. The van der Waals surface area contributed by atoms with Crippen LogP contribution in [0.5, 0.6) is 0 Å². The maximum Gasteiger partial charge on any atom is 0.258 e. The highest BCUT2D eigenvalue weighted by atomic mass is 16.1. The zero-order valence-electron chi connectivity index (χ0n) is 18.0. The summed E-state index contributed by atoms with van der Waals surface area (Å²) in [4.78, 5) is 27.1. The Morgan fingerprint density at radius 3 is 2.87 bits per heavy atom. The predicted molar refractivity (Wildman–Crippen MR) is 121 cm³/mol. The van der Waals surface area contributed by atoms with Crippen molar-refractivity contribution in [1.82, 2.24) is 15.2 Å². The van der Waals surface area contributed by atoms with Gasteiger partial charge in [0.1, 0.15) is 0 Å². The second-order valence-corrected chi connectivity index (χ2v) is 9.12. The highest BCUT2D eigenvalue weighted by Gasteiger charge is 2.39. The van der Waals surface area contributed by atoms with Crippen molar-refractivity contribution in [3.63, 3.8) is 0 Å². The number of rotatable bonds is 5. The van der Waals surface area contributed by atoms with E-state index in [0.717, 1.165) is 60.1 Å². The number of aromatic nitrogens is 1. The lowest BCUT2D eigenvalue weighted by molar-refractivity contribution is 0.104. The van der Waals surface area contributed by atoms with Crippen molar-refractivity contribution >= 4 is 22.3 Å². The van der Waals surface area contributed by atoms with Gasteiger partial charge in [0.2, 0.25) is 0 Å². The molecule has 2 N–H and O–H groups in total. The Morgan fingerprint density at radius 1 is 1.23 bits per heavy atom. The molecule has 0 spiro atoms. The Hall–Kier alpha value is -2.66. The monoisotopic (exact) mass is 403 g/mol. The molecule has 2 aromatic rings. The minimum absolute atomic E-state index is 0.00143. The van der Waals surface area contributed by atoms with Crippen LogP contribution in [0.25, 0.3) is 16.5 Å². The number of carbonyl (C=O) groups is 1. The van der Waals surface area contributed by atoms with Crippen molar-refractivity contribution < 1.29 is 4.79 Å². The van der Waals surface area contributed by atoms with E-state index in [4.69, 9.17) is 0 Å². The number of aryl methyl sites for hydroxylation is 1. The molecule has 156 valence electrons. The maximum atomic E-state index is 13.5. The fraction of sp³-hybridized carbons (Fsp3) is 0.440. The third-order valence-electron chi connectivity index (χ3n) is 6.57. The topological polar surface area (TPSA) is 63.1 Å². The van der Waals surface area contributed by atoms with Crippen LogP contribution < -0.4 is 16.2 Å². The summed E-state index contributed by atoms with van der Waals surface area (Å²) in [6, 6.07) is 6.56. The van der Waals surface area contributed by atoms with Crippen LogP contribution in [-0.4, -0.2) is 29.0 Å². The number of nitrogens with zero attached hydrogens (tertiary/aromatic N) is 1. The van der Waals surface area contributed by atoms with E-state index in [1.54, 1.807) is 0 Å². The molecule has 1 atom stereocenters. The number of fused-ring (bicyclic) bond motifs is 5. The summed E-state index contributed by atoms with van der Waals surface area (Å²) < 4.78 is 1.85. The Morgan fingerprint density at radius 2 is 2.07 bits per heavy atom. The minimum atomic E-state index is 0.00143. The van der Waals surface area contributed by atoms with Gasteiger partial charge in [-0.1, -0.05) is 31.5 Å². The van der Waals surface area contributed by atoms with Gasteiger partial charge in [-0.3, -0.25) is 9.59 Å². The summed E-state index contributed by atoms with van der Waals surface area (Å²) in [5, 5.41) is 8.48. The van der Waals surface area contributed by atoms with Gasteiger partial charge in [0.05, 0.1) is 17.0 Å². The highest BCUT2D eigenvalue weighted by molar-refractivity contribution is 6.27. The van der Waals surface area contributed by atoms with E-state index in [1.165, 1.54) is 5.57 Å². The molecule has 0 bridgehead atoms. The summed E-state index contributed by atoms with van der Waals surface area (Å²) in [5.41, 5.74) is 5.44. The number of hydrogen-bond donors (Lipinski definition) is 2.